The SMILES string of the molecule is CC1(C)CNCCN1C1C2CC3CC(C2)CC1C3. The number of nitrogens with one attached hydrogen (secondary N) is 1. The fourth-order valence-corrected chi connectivity index (χ4v) is 5.96. The summed E-state index contributed by atoms with van der Waals surface area (Å²) in [5.41, 5.74) is 0.373. The molecule has 18 heavy (non-hydrogen) atoms. The molecule has 0 aromatic rings. The van der Waals surface area contributed by atoms with E-state index in [1.165, 1.54) is 19.6 Å². The molecule has 5 fully saturated rings. The van der Waals surface area contributed by atoms with Gasteiger partial charge in [-0.3, -0.25) is 4.90 Å². The Balaban J connectivity index is 1.60. The van der Waals surface area contributed by atoms with Gasteiger partial charge in [0.1, 0.15) is 0 Å². The molecule has 0 unspecified atom stereocenters. The zero-order chi connectivity index (χ0) is 12.3. The third-order valence-electron chi connectivity index (χ3n) is 6.40. The van der Waals surface area contributed by atoms with Gasteiger partial charge in [-0.25, -0.2) is 0 Å². The summed E-state index contributed by atoms with van der Waals surface area (Å²) in [7, 11) is 0. The average Bonchev–Trinajstić information content (AvgIpc) is 2.29. The molecule has 4 saturated carbocycles. The molecular weight excluding hydrogens is 220 g/mol. The van der Waals surface area contributed by atoms with Crippen LogP contribution in [0.25, 0.3) is 0 Å². The van der Waals surface area contributed by atoms with Crippen molar-refractivity contribution in [1.82, 2.24) is 10.2 Å². The molecule has 1 aliphatic heterocycles. The molecule has 102 valence electrons. The quantitative estimate of drug-likeness (QED) is 0.767. The third kappa shape index (κ3) is 1.68. The van der Waals surface area contributed by atoms with Crippen molar-refractivity contribution in [3.63, 3.8) is 0 Å². The maximum atomic E-state index is 3.59. The van der Waals surface area contributed by atoms with Gasteiger partial charge in [-0.1, -0.05) is 0 Å². The van der Waals surface area contributed by atoms with Crippen LogP contribution < -0.4 is 5.32 Å². The topological polar surface area (TPSA) is 15.3 Å². The first kappa shape index (κ1) is 11.7. The van der Waals surface area contributed by atoms with Crippen molar-refractivity contribution in [3.05, 3.63) is 0 Å². The van der Waals surface area contributed by atoms with Crippen LogP contribution >= 0.6 is 0 Å². The molecule has 0 aromatic carbocycles. The van der Waals surface area contributed by atoms with Gasteiger partial charge in [0.15, 0.2) is 0 Å². The zero-order valence-corrected chi connectivity index (χ0v) is 12.0. The highest BCUT2D eigenvalue weighted by Crippen LogP contribution is 2.55. The highest BCUT2D eigenvalue weighted by atomic mass is 15.3. The Morgan fingerprint density at radius 3 is 2.11 bits per heavy atom. The largest absolute Gasteiger partial charge is 0.314 e. The van der Waals surface area contributed by atoms with Gasteiger partial charge in [-0.2, -0.15) is 0 Å². The van der Waals surface area contributed by atoms with Crippen molar-refractivity contribution < 1.29 is 0 Å². The molecule has 1 heterocycles. The number of nitrogens with zero attached hydrogens (tertiary/aromatic N) is 1. The van der Waals surface area contributed by atoms with Gasteiger partial charge in [-0.05, 0) is 69.6 Å². The molecular formula is C16H28N2. The maximum absolute atomic E-state index is 3.59. The molecule has 2 nitrogen and oxygen atoms in total. The Kier molecular flexibility index (Phi) is 2.58. The van der Waals surface area contributed by atoms with Crippen LogP contribution in [0.1, 0.15) is 46.0 Å². The van der Waals surface area contributed by atoms with E-state index in [1.54, 1.807) is 32.1 Å². The van der Waals surface area contributed by atoms with Gasteiger partial charge < -0.3 is 5.32 Å². The van der Waals surface area contributed by atoms with E-state index in [0.29, 0.717) is 5.54 Å². The molecule has 0 aromatic heterocycles. The second-order valence-electron chi connectivity index (χ2n) is 8.10. The van der Waals surface area contributed by atoms with Crippen LogP contribution in [-0.2, 0) is 0 Å². The van der Waals surface area contributed by atoms with E-state index >= 15 is 0 Å². The van der Waals surface area contributed by atoms with Crippen LogP contribution in [0.4, 0.5) is 0 Å². The second-order valence-corrected chi connectivity index (χ2v) is 8.10. The average molecular weight is 248 g/mol. The van der Waals surface area contributed by atoms with Gasteiger partial charge in [-0.15, -0.1) is 0 Å². The molecule has 5 aliphatic rings. The summed E-state index contributed by atoms with van der Waals surface area (Å²) in [6.07, 6.45) is 7.79. The fourth-order valence-electron chi connectivity index (χ4n) is 5.96. The Bertz CT molecular complexity index is 308. The van der Waals surface area contributed by atoms with Crippen molar-refractivity contribution in [2.75, 3.05) is 19.6 Å². The molecule has 4 bridgehead atoms. The van der Waals surface area contributed by atoms with E-state index in [1.807, 2.05) is 0 Å². The third-order valence-corrected chi connectivity index (χ3v) is 6.40. The highest BCUT2D eigenvalue weighted by molar-refractivity contribution is 5.05. The molecule has 5 rings (SSSR count). The first-order valence-corrected chi connectivity index (χ1v) is 8.11. The summed E-state index contributed by atoms with van der Waals surface area (Å²) in [5.74, 6) is 4.29. The Morgan fingerprint density at radius 2 is 1.56 bits per heavy atom. The van der Waals surface area contributed by atoms with Crippen LogP contribution in [0.3, 0.4) is 0 Å². The van der Waals surface area contributed by atoms with E-state index in [0.717, 1.165) is 29.7 Å². The van der Waals surface area contributed by atoms with E-state index in [2.05, 4.69) is 24.1 Å². The normalized spacial score (nSPS) is 50.7. The molecule has 1 saturated heterocycles. The van der Waals surface area contributed by atoms with Gasteiger partial charge in [0.05, 0.1) is 0 Å². The highest BCUT2D eigenvalue weighted by Gasteiger charge is 2.52. The molecule has 4 aliphatic carbocycles. The lowest BCUT2D eigenvalue weighted by Crippen LogP contribution is -2.67. The van der Waals surface area contributed by atoms with Crippen molar-refractivity contribution in [2.45, 2.75) is 57.5 Å². The fraction of sp³-hybridized carbons (Fsp3) is 1.00. The van der Waals surface area contributed by atoms with Crippen LogP contribution in [-0.4, -0.2) is 36.1 Å². The molecule has 0 radical (unpaired) electrons. The van der Waals surface area contributed by atoms with Crippen LogP contribution in [0.5, 0.6) is 0 Å². The molecule has 1 N–H and O–H groups in total. The minimum absolute atomic E-state index is 0.373. The lowest BCUT2D eigenvalue weighted by Gasteiger charge is -2.61. The minimum atomic E-state index is 0.373. The first-order chi connectivity index (χ1) is 8.63. The van der Waals surface area contributed by atoms with Crippen LogP contribution in [0.15, 0.2) is 0 Å². The predicted molar refractivity (Wildman–Crippen MR) is 74.5 cm³/mol. The van der Waals surface area contributed by atoms with Gasteiger partial charge >= 0.3 is 0 Å². The molecule has 0 atom stereocenters. The summed E-state index contributed by atoms with van der Waals surface area (Å²) < 4.78 is 0. The zero-order valence-electron chi connectivity index (χ0n) is 12.0. The van der Waals surface area contributed by atoms with E-state index in [9.17, 15) is 0 Å². The minimum Gasteiger partial charge on any atom is -0.314 e. The summed E-state index contributed by atoms with van der Waals surface area (Å²) in [4.78, 5) is 2.90. The summed E-state index contributed by atoms with van der Waals surface area (Å²) >= 11 is 0. The van der Waals surface area contributed by atoms with Gasteiger partial charge in [0, 0.05) is 31.2 Å². The van der Waals surface area contributed by atoms with E-state index < -0.39 is 0 Å². The van der Waals surface area contributed by atoms with Crippen LogP contribution in [0, 0.1) is 23.7 Å². The summed E-state index contributed by atoms with van der Waals surface area (Å²) in [5, 5.41) is 3.59. The summed E-state index contributed by atoms with van der Waals surface area (Å²) in [6.45, 7) is 8.55. The number of hydrogen-bond acceptors (Lipinski definition) is 2. The molecule has 0 amide bonds. The maximum Gasteiger partial charge on any atom is 0.0281 e. The number of piperazine rings is 1. The van der Waals surface area contributed by atoms with Gasteiger partial charge in [0.25, 0.3) is 0 Å². The predicted octanol–water partition coefficient (Wildman–Crippen LogP) is 2.49. The first-order valence-electron chi connectivity index (χ1n) is 8.11. The summed E-state index contributed by atoms with van der Waals surface area (Å²) in [6, 6.07) is 0.926. The van der Waals surface area contributed by atoms with Crippen molar-refractivity contribution in [2.24, 2.45) is 23.7 Å². The lowest BCUT2D eigenvalue weighted by molar-refractivity contribution is -0.101. The van der Waals surface area contributed by atoms with Crippen molar-refractivity contribution >= 4 is 0 Å². The van der Waals surface area contributed by atoms with Crippen LogP contribution in [0.2, 0.25) is 0 Å². The van der Waals surface area contributed by atoms with Crippen molar-refractivity contribution in [3.8, 4) is 0 Å². The Morgan fingerprint density at radius 1 is 0.944 bits per heavy atom. The van der Waals surface area contributed by atoms with Crippen molar-refractivity contribution in [1.29, 1.82) is 0 Å². The number of rotatable bonds is 1. The molecule has 0 spiro atoms. The van der Waals surface area contributed by atoms with E-state index in [4.69, 9.17) is 0 Å². The smallest absolute Gasteiger partial charge is 0.0281 e. The standard InChI is InChI=1S/C16H28N2/c1-16(2)10-17-3-4-18(16)15-13-6-11-5-12(8-13)9-14(15)7-11/h11-15,17H,3-10H2,1-2H3. The molecule has 2 heteroatoms. The Hall–Kier alpha value is -0.0800. The Labute approximate surface area is 111 Å². The lowest BCUT2D eigenvalue weighted by atomic mass is 9.53. The van der Waals surface area contributed by atoms with Gasteiger partial charge in [0.2, 0.25) is 0 Å². The second kappa shape index (κ2) is 3.96. The number of hydrogen-bond donors (Lipinski definition) is 1. The monoisotopic (exact) mass is 248 g/mol. The van der Waals surface area contributed by atoms with E-state index in [-0.39, 0.29) is 0 Å².